The second kappa shape index (κ2) is 5.76. The molecule has 2 rings (SSSR count). The van der Waals surface area contributed by atoms with Crippen LogP contribution in [0.1, 0.15) is 24.5 Å². The van der Waals surface area contributed by atoms with Gasteiger partial charge in [0.1, 0.15) is 11.1 Å². The number of nitriles is 1. The first-order chi connectivity index (χ1) is 9.02. The Morgan fingerprint density at radius 3 is 3.05 bits per heavy atom. The molecule has 0 spiro atoms. The van der Waals surface area contributed by atoms with Crippen molar-refractivity contribution in [3.63, 3.8) is 0 Å². The molecule has 1 aliphatic rings. The van der Waals surface area contributed by atoms with E-state index in [2.05, 4.69) is 6.07 Å². The van der Waals surface area contributed by atoms with Gasteiger partial charge in [0.15, 0.2) is 5.12 Å². The Hall–Kier alpha value is -1.32. The number of thiophene rings is 1. The maximum absolute atomic E-state index is 12.0. The summed E-state index contributed by atoms with van der Waals surface area (Å²) in [6, 6.07) is 2.16. The van der Waals surface area contributed by atoms with Gasteiger partial charge in [0, 0.05) is 25.6 Å². The molecule has 1 atom stereocenters. The van der Waals surface area contributed by atoms with Gasteiger partial charge in [-0.3, -0.25) is 9.59 Å². The summed E-state index contributed by atoms with van der Waals surface area (Å²) < 4.78 is 0. The third-order valence-electron chi connectivity index (χ3n) is 3.04. The van der Waals surface area contributed by atoms with E-state index in [1.54, 1.807) is 4.90 Å². The average molecular weight is 294 g/mol. The van der Waals surface area contributed by atoms with Crippen LogP contribution in [0.3, 0.4) is 0 Å². The van der Waals surface area contributed by atoms with E-state index in [4.69, 9.17) is 5.26 Å². The number of thioether (sulfide) groups is 1. The van der Waals surface area contributed by atoms with Crippen molar-refractivity contribution in [1.82, 2.24) is 0 Å². The number of nitrogens with zero attached hydrogens (tertiary/aromatic N) is 2. The largest absolute Gasteiger partial charge is 0.302 e. The summed E-state index contributed by atoms with van der Waals surface area (Å²) in [5, 5.41) is 11.9. The highest BCUT2D eigenvalue weighted by Crippen LogP contribution is 2.35. The van der Waals surface area contributed by atoms with Gasteiger partial charge in [-0.2, -0.15) is 5.26 Å². The van der Waals surface area contributed by atoms with E-state index in [9.17, 15) is 9.59 Å². The fourth-order valence-electron chi connectivity index (χ4n) is 2.09. The van der Waals surface area contributed by atoms with Gasteiger partial charge in [-0.15, -0.1) is 11.3 Å². The second-order valence-electron chi connectivity index (χ2n) is 4.59. The molecule has 1 aromatic rings. The summed E-state index contributed by atoms with van der Waals surface area (Å²) in [7, 11) is 0. The lowest BCUT2D eigenvalue weighted by Crippen LogP contribution is -2.24. The molecular weight excluding hydrogens is 280 g/mol. The van der Waals surface area contributed by atoms with Gasteiger partial charge in [0.05, 0.1) is 5.56 Å². The number of amides is 1. The lowest BCUT2D eigenvalue weighted by Gasteiger charge is -2.15. The van der Waals surface area contributed by atoms with Crippen LogP contribution in [0.2, 0.25) is 0 Å². The Labute approximate surface area is 120 Å². The Balaban J connectivity index is 2.12. The van der Waals surface area contributed by atoms with E-state index >= 15 is 0 Å². The third-order valence-corrected chi connectivity index (χ3v) is 5.20. The number of rotatable bonds is 3. The number of hydrogen-bond donors (Lipinski definition) is 0. The van der Waals surface area contributed by atoms with Gasteiger partial charge >= 0.3 is 0 Å². The van der Waals surface area contributed by atoms with Crippen molar-refractivity contribution in [2.75, 3.05) is 17.2 Å². The van der Waals surface area contributed by atoms with E-state index in [-0.39, 0.29) is 16.9 Å². The summed E-state index contributed by atoms with van der Waals surface area (Å²) in [6.07, 6.45) is 0.460. The normalized spacial score (nSPS) is 18.7. The number of carbonyl (C=O) groups excluding carboxylic acids is 2. The summed E-state index contributed by atoms with van der Waals surface area (Å²) in [5.74, 6) is 0.909. The lowest BCUT2D eigenvalue weighted by molar-refractivity contribution is -0.117. The molecule has 1 amide bonds. The van der Waals surface area contributed by atoms with Crippen LogP contribution in [0.4, 0.5) is 5.00 Å². The first-order valence-electron chi connectivity index (χ1n) is 5.94. The molecule has 19 heavy (non-hydrogen) atoms. The quantitative estimate of drug-likeness (QED) is 0.859. The predicted octanol–water partition coefficient (Wildman–Crippen LogP) is 2.56. The number of anilines is 1. The molecule has 2 heterocycles. The summed E-state index contributed by atoms with van der Waals surface area (Å²) in [6.45, 7) is 4.02. The highest BCUT2D eigenvalue weighted by Gasteiger charge is 2.33. The smallest absolute Gasteiger partial charge is 0.228 e. The van der Waals surface area contributed by atoms with Gasteiger partial charge in [-0.25, -0.2) is 0 Å². The molecule has 0 saturated carbocycles. The van der Waals surface area contributed by atoms with Crippen molar-refractivity contribution < 1.29 is 9.59 Å². The summed E-state index contributed by atoms with van der Waals surface area (Å²) >= 11 is 2.70. The molecule has 1 saturated heterocycles. The van der Waals surface area contributed by atoms with E-state index in [0.29, 0.717) is 24.3 Å². The van der Waals surface area contributed by atoms with E-state index in [1.165, 1.54) is 30.0 Å². The van der Waals surface area contributed by atoms with Crippen LogP contribution in [0.25, 0.3) is 0 Å². The summed E-state index contributed by atoms with van der Waals surface area (Å²) in [4.78, 5) is 24.7. The van der Waals surface area contributed by atoms with Crippen LogP contribution >= 0.6 is 23.1 Å². The first kappa shape index (κ1) is 14.1. The Morgan fingerprint density at radius 1 is 1.68 bits per heavy atom. The van der Waals surface area contributed by atoms with E-state index in [1.807, 2.05) is 12.3 Å². The van der Waals surface area contributed by atoms with Crippen molar-refractivity contribution in [2.45, 2.75) is 20.3 Å². The third kappa shape index (κ3) is 2.99. The monoisotopic (exact) mass is 294 g/mol. The van der Waals surface area contributed by atoms with Crippen molar-refractivity contribution in [3.05, 3.63) is 16.5 Å². The van der Waals surface area contributed by atoms with Gasteiger partial charge < -0.3 is 4.90 Å². The zero-order valence-electron chi connectivity index (χ0n) is 10.8. The molecule has 1 unspecified atom stereocenters. The van der Waals surface area contributed by atoms with Crippen LogP contribution in [-0.4, -0.2) is 23.3 Å². The zero-order valence-corrected chi connectivity index (χ0v) is 12.4. The van der Waals surface area contributed by atoms with Crippen molar-refractivity contribution in [3.8, 4) is 6.07 Å². The minimum atomic E-state index is 0.0486. The molecule has 4 nitrogen and oxygen atoms in total. The molecule has 1 aromatic heterocycles. The lowest BCUT2D eigenvalue weighted by atomic mass is 10.1. The topological polar surface area (TPSA) is 61.2 Å². The minimum absolute atomic E-state index is 0.0486. The highest BCUT2D eigenvalue weighted by molar-refractivity contribution is 8.13. The predicted molar refractivity (Wildman–Crippen MR) is 77.4 cm³/mol. The maximum Gasteiger partial charge on any atom is 0.228 e. The molecule has 100 valence electrons. The highest BCUT2D eigenvalue weighted by atomic mass is 32.2. The van der Waals surface area contributed by atoms with Crippen LogP contribution < -0.4 is 4.90 Å². The minimum Gasteiger partial charge on any atom is -0.302 e. The molecule has 1 aliphatic heterocycles. The van der Waals surface area contributed by atoms with Crippen LogP contribution in [0, 0.1) is 24.2 Å². The zero-order chi connectivity index (χ0) is 14.0. The fourth-order valence-corrected chi connectivity index (χ4v) is 3.82. The molecule has 0 aliphatic carbocycles. The SMILES string of the molecule is CC(=O)SCC1CC(=O)N(c2scc(C)c2C#N)C1. The second-order valence-corrected chi connectivity index (χ2v) is 6.64. The number of hydrogen-bond acceptors (Lipinski definition) is 5. The average Bonchev–Trinajstić information content (AvgIpc) is 2.89. The van der Waals surface area contributed by atoms with Crippen LogP contribution in [0.15, 0.2) is 5.38 Å². The first-order valence-corrected chi connectivity index (χ1v) is 7.81. The molecule has 0 bridgehead atoms. The Kier molecular flexibility index (Phi) is 4.27. The molecule has 0 aromatic carbocycles. The Bertz CT molecular complexity index is 559. The fraction of sp³-hybridized carbons (Fsp3) is 0.462. The Morgan fingerprint density at radius 2 is 2.42 bits per heavy atom. The standard InChI is InChI=1S/C13H14N2O2S2/c1-8-6-19-13(11(8)4-14)15-5-10(3-12(15)17)7-18-9(2)16/h6,10H,3,5,7H2,1-2H3. The van der Waals surface area contributed by atoms with Crippen LogP contribution in [0.5, 0.6) is 0 Å². The van der Waals surface area contributed by atoms with Gasteiger partial charge in [-0.1, -0.05) is 11.8 Å². The number of carbonyl (C=O) groups is 2. The van der Waals surface area contributed by atoms with Crippen LogP contribution in [-0.2, 0) is 9.59 Å². The van der Waals surface area contributed by atoms with E-state index < -0.39 is 0 Å². The maximum atomic E-state index is 12.0. The van der Waals surface area contributed by atoms with Crippen molar-refractivity contribution >= 4 is 39.1 Å². The summed E-state index contributed by atoms with van der Waals surface area (Å²) in [5.41, 5.74) is 1.51. The molecule has 1 fully saturated rings. The van der Waals surface area contributed by atoms with Crippen molar-refractivity contribution in [2.24, 2.45) is 5.92 Å². The van der Waals surface area contributed by atoms with Gasteiger partial charge in [-0.05, 0) is 23.8 Å². The number of aryl methyl sites for hydroxylation is 1. The van der Waals surface area contributed by atoms with Gasteiger partial charge in [0.25, 0.3) is 0 Å². The molecule has 6 heteroatoms. The van der Waals surface area contributed by atoms with Crippen molar-refractivity contribution in [1.29, 1.82) is 5.26 Å². The van der Waals surface area contributed by atoms with Gasteiger partial charge in [0.2, 0.25) is 5.91 Å². The molecule has 0 N–H and O–H groups in total. The van der Waals surface area contributed by atoms with E-state index in [0.717, 1.165) is 10.6 Å². The molecular formula is C13H14N2O2S2. The molecule has 0 radical (unpaired) electrons.